The summed E-state index contributed by atoms with van der Waals surface area (Å²) in [6.07, 6.45) is 1.86. The normalized spacial score (nSPS) is 17.4. The van der Waals surface area contributed by atoms with E-state index in [9.17, 15) is 9.59 Å². The van der Waals surface area contributed by atoms with E-state index in [0.717, 1.165) is 34.9 Å². The molecule has 0 bridgehead atoms. The van der Waals surface area contributed by atoms with Crippen LogP contribution in [0.2, 0.25) is 5.15 Å². The molecule has 2 aromatic heterocycles. The summed E-state index contributed by atoms with van der Waals surface area (Å²) in [6, 6.07) is 20.9. The molecule has 4 aromatic rings. The summed E-state index contributed by atoms with van der Waals surface area (Å²) in [5.74, 6) is 0.411. The van der Waals surface area contributed by atoms with Gasteiger partial charge in [0.2, 0.25) is 5.91 Å². The Morgan fingerprint density at radius 1 is 1.03 bits per heavy atom. The molecule has 2 amide bonds. The molecule has 1 saturated carbocycles. The van der Waals surface area contributed by atoms with Gasteiger partial charge in [-0.2, -0.15) is 5.10 Å². The lowest BCUT2D eigenvalue weighted by molar-refractivity contribution is -0.115. The van der Waals surface area contributed by atoms with Crippen LogP contribution in [0.5, 0.6) is 0 Å². The molecular weight excluding hydrogens is 438 g/mol. The van der Waals surface area contributed by atoms with Crippen molar-refractivity contribution in [1.82, 2.24) is 20.5 Å². The number of nitrogens with zero attached hydrogens (tertiary/aromatic N) is 2. The van der Waals surface area contributed by atoms with E-state index in [-0.39, 0.29) is 30.2 Å². The molecule has 0 unspecified atom stereocenters. The third kappa shape index (κ3) is 4.73. The fourth-order valence-corrected chi connectivity index (χ4v) is 4.36. The van der Waals surface area contributed by atoms with Crippen LogP contribution in [0.25, 0.3) is 10.8 Å². The Morgan fingerprint density at radius 3 is 2.67 bits per heavy atom. The zero-order valence-corrected chi connectivity index (χ0v) is 18.5. The van der Waals surface area contributed by atoms with Crippen molar-refractivity contribution in [3.8, 4) is 0 Å². The third-order valence-corrected chi connectivity index (χ3v) is 6.17. The Balaban J connectivity index is 1.14. The van der Waals surface area contributed by atoms with Crippen molar-refractivity contribution in [2.24, 2.45) is 0 Å². The molecule has 2 aromatic carbocycles. The number of hydrogen-bond acceptors (Lipinski definition) is 4. The van der Waals surface area contributed by atoms with Gasteiger partial charge in [-0.1, -0.05) is 60.1 Å². The van der Waals surface area contributed by atoms with Gasteiger partial charge in [0.05, 0.1) is 6.42 Å². The van der Waals surface area contributed by atoms with Crippen LogP contribution in [-0.4, -0.2) is 33.0 Å². The van der Waals surface area contributed by atoms with E-state index < -0.39 is 0 Å². The van der Waals surface area contributed by atoms with Crippen LogP contribution in [0.3, 0.4) is 0 Å². The molecule has 0 atom stereocenters. The second-order valence-electron chi connectivity index (χ2n) is 8.26. The van der Waals surface area contributed by atoms with Crippen molar-refractivity contribution < 1.29 is 9.59 Å². The maximum atomic E-state index is 12.6. The van der Waals surface area contributed by atoms with E-state index in [2.05, 4.69) is 25.8 Å². The van der Waals surface area contributed by atoms with Crippen molar-refractivity contribution in [2.45, 2.75) is 31.2 Å². The van der Waals surface area contributed by atoms with Crippen LogP contribution in [0, 0.1) is 0 Å². The number of halogens is 1. The first-order valence-corrected chi connectivity index (χ1v) is 11.2. The minimum absolute atomic E-state index is 0.0657. The van der Waals surface area contributed by atoms with Gasteiger partial charge in [-0.15, -0.1) is 0 Å². The molecule has 1 aliphatic carbocycles. The van der Waals surface area contributed by atoms with E-state index in [1.54, 1.807) is 18.2 Å². The van der Waals surface area contributed by atoms with Crippen molar-refractivity contribution in [3.63, 3.8) is 0 Å². The highest BCUT2D eigenvalue weighted by molar-refractivity contribution is 6.29. The number of benzene rings is 2. The number of fused-ring (bicyclic) bond motifs is 1. The number of aromatic amines is 1. The van der Waals surface area contributed by atoms with Gasteiger partial charge in [0.1, 0.15) is 10.8 Å². The van der Waals surface area contributed by atoms with Crippen LogP contribution in [0.1, 0.15) is 40.5 Å². The molecule has 2 heterocycles. The molecule has 0 saturated heterocycles. The van der Waals surface area contributed by atoms with E-state index in [4.69, 9.17) is 11.6 Å². The number of rotatable bonds is 6. The van der Waals surface area contributed by atoms with Gasteiger partial charge in [-0.3, -0.25) is 14.7 Å². The maximum absolute atomic E-state index is 12.6. The lowest BCUT2D eigenvalue weighted by Gasteiger charge is -2.34. The summed E-state index contributed by atoms with van der Waals surface area (Å²) in [6.45, 7) is 0. The van der Waals surface area contributed by atoms with Crippen LogP contribution >= 0.6 is 11.6 Å². The molecule has 3 N–H and O–H groups in total. The number of hydrogen-bond donors (Lipinski definition) is 3. The molecular formula is C25H22ClN5O2. The van der Waals surface area contributed by atoms with Crippen molar-refractivity contribution in [3.05, 3.63) is 88.8 Å². The van der Waals surface area contributed by atoms with Crippen molar-refractivity contribution in [2.75, 3.05) is 5.32 Å². The number of nitrogens with one attached hydrogen (secondary N) is 3. The summed E-state index contributed by atoms with van der Waals surface area (Å²) >= 11 is 5.85. The SMILES string of the molecule is O=C(Cc1cccc2ccccc12)Nc1cc(C2CC(NC(=O)c3cccc(Cl)n3)C2)[nH]n1. The summed E-state index contributed by atoms with van der Waals surface area (Å²) in [4.78, 5) is 28.9. The zero-order valence-electron chi connectivity index (χ0n) is 17.7. The number of aromatic nitrogens is 3. The minimum Gasteiger partial charge on any atom is -0.348 e. The minimum atomic E-state index is -0.230. The Morgan fingerprint density at radius 2 is 1.82 bits per heavy atom. The fourth-order valence-electron chi connectivity index (χ4n) is 4.20. The van der Waals surface area contributed by atoms with E-state index >= 15 is 0 Å². The van der Waals surface area contributed by atoms with Gasteiger partial charge in [-0.25, -0.2) is 4.98 Å². The first-order chi connectivity index (χ1) is 16.0. The molecule has 7 nitrogen and oxygen atoms in total. The molecule has 5 rings (SSSR count). The highest BCUT2D eigenvalue weighted by atomic mass is 35.5. The average Bonchev–Trinajstić information content (AvgIpc) is 3.23. The first kappa shape index (κ1) is 21.2. The summed E-state index contributed by atoms with van der Waals surface area (Å²) in [5.41, 5.74) is 2.23. The molecule has 8 heteroatoms. The fraction of sp³-hybridized carbons (Fsp3) is 0.200. The summed E-state index contributed by atoms with van der Waals surface area (Å²) in [7, 11) is 0. The predicted molar refractivity (Wildman–Crippen MR) is 127 cm³/mol. The predicted octanol–water partition coefficient (Wildman–Crippen LogP) is 4.47. The standard InChI is InChI=1S/C25H22ClN5O2/c26-22-10-4-9-20(28-22)25(33)27-18-11-17(12-18)21-14-23(31-30-21)29-24(32)13-16-7-3-6-15-5-1-2-8-19(15)16/h1-10,14,17-18H,11-13H2,(H,27,33)(H2,29,30,31,32). The van der Waals surface area contributed by atoms with Gasteiger partial charge in [0.25, 0.3) is 5.91 Å². The number of anilines is 1. The Kier molecular flexibility index (Phi) is 5.79. The smallest absolute Gasteiger partial charge is 0.270 e. The van der Waals surface area contributed by atoms with Gasteiger partial charge in [0, 0.05) is 23.7 Å². The van der Waals surface area contributed by atoms with E-state index in [1.165, 1.54) is 0 Å². The molecule has 33 heavy (non-hydrogen) atoms. The second-order valence-corrected chi connectivity index (χ2v) is 8.64. The molecule has 0 aliphatic heterocycles. The quantitative estimate of drug-likeness (QED) is 0.370. The number of carbonyl (C=O) groups is 2. The molecule has 1 aliphatic rings. The van der Waals surface area contributed by atoms with Gasteiger partial charge in [0.15, 0.2) is 5.82 Å². The molecule has 0 radical (unpaired) electrons. The maximum Gasteiger partial charge on any atom is 0.270 e. The summed E-state index contributed by atoms with van der Waals surface area (Å²) in [5, 5.41) is 15.6. The second kappa shape index (κ2) is 9.03. The lowest BCUT2D eigenvalue weighted by Crippen LogP contribution is -2.43. The Labute approximate surface area is 195 Å². The Bertz CT molecular complexity index is 1320. The summed E-state index contributed by atoms with van der Waals surface area (Å²) < 4.78 is 0. The van der Waals surface area contributed by atoms with Crippen LogP contribution in [0.4, 0.5) is 5.82 Å². The van der Waals surface area contributed by atoms with Gasteiger partial charge in [-0.05, 0) is 41.3 Å². The third-order valence-electron chi connectivity index (χ3n) is 5.96. The monoisotopic (exact) mass is 459 g/mol. The number of amides is 2. The molecule has 1 fully saturated rings. The lowest BCUT2D eigenvalue weighted by atomic mass is 9.78. The number of pyridine rings is 1. The molecule has 166 valence electrons. The van der Waals surface area contributed by atoms with Crippen LogP contribution in [-0.2, 0) is 11.2 Å². The average molecular weight is 460 g/mol. The van der Waals surface area contributed by atoms with E-state index in [1.807, 2.05) is 48.5 Å². The van der Waals surface area contributed by atoms with Crippen molar-refractivity contribution >= 4 is 40.0 Å². The van der Waals surface area contributed by atoms with Gasteiger partial charge < -0.3 is 10.6 Å². The van der Waals surface area contributed by atoms with E-state index in [0.29, 0.717) is 16.7 Å². The first-order valence-electron chi connectivity index (χ1n) is 10.8. The van der Waals surface area contributed by atoms with Crippen LogP contribution in [0.15, 0.2) is 66.7 Å². The number of carbonyl (C=O) groups excluding carboxylic acids is 2. The highest BCUT2D eigenvalue weighted by Crippen LogP contribution is 2.36. The van der Waals surface area contributed by atoms with Crippen LogP contribution < -0.4 is 10.6 Å². The molecule has 0 spiro atoms. The largest absolute Gasteiger partial charge is 0.348 e. The highest BCUT2D eigenvalue weighted by Gasteiger charge is 2.33. The number of H-pyrrole nitrogens is 1. The topological polar surface area (TPSA) is 99.8 Å². The Hall–Kier alpha value is -3.71. The van der Waals surface area contributed by atoms with Gasteiger partial charge >= 0.3 is 0 Å². The van der Waals surface area contributed by atoms with Crippen molar-refractivity contribution in [1.29, 1.82) is 0 Å². The zero-order chi connectivity index (χ0) is 22.8.